The maximum Gasteiger partial charge on any atom is 0.408 e. The molecule has 0 aromatic carbocycles. The molecule has 2 rings (SSSR count). The van der Waals surface area contributed by atoms with E-state index in [1.807, 2.05) is 11.8 Å². The van der Waals surface area contributed by atoms with Crippen molar-refractivity contribution in [1.82, 2.24) is 9.78 Å². The van der Waals surface area contributed by atoms with Crippen LogP contribution in [-0.2, 0) is 6.54 Å². The summed E-state index contributed by atoms with van der Waals surface area (Å²) in [5.74, 6) is 0.310. The summed E-state index contributed by atoms with van der Waals surface area (Å²) in [6.07, 6.45) is -2.30. The summed E-state index contributed by atoms with van der Waals surface area (Å²) in [5, 5.41) is 3.64. The lowest BCUT2D eigenvalue weighted by Crippen LogP contribution is -2.34. The molecule has 1 saturated heterocycles. The Hall–Kier alpha value is -1.09. The largest absolute Gasteiger partial charge is 0.408 e. The average molecular weight is 369 g/mol. The molecule has 0 radical (unpaired) electrons. The molecule has 5 nitrogen and oxygen atoms in total. The molecule has 0 aliphatic carbocycles. The molecule has 2 N–H and O–H groups in total. The van der Waals surface area contributed by atoms with Crippen molar-refractivity contribution in [3.8, 4) is 0 Å². The van der Waals surface area contributed by atoms with E-state index >= 15 is 0 Å². The van der Waals surface area contributed by atoms with E-state index in [-0.39, 0.29) is 10.5 Å². The van der Waals surface area contributed by atoms with Crippen LogP contribution in [0.15, 0.2) is 15.5 Å². The maximum atomic E-state index is 12.4. The van der Waals surface area contributed by atoms with E-state index in [0.717, 1.165) is 6.42 Å². The summed E-state index contributed by atoms with van der Waals surface area (Å²) in [7, 11) is 0. The van der Waals surface area contributed by atoms with E-state index in [9.17, 15) is 18.0 Å². The van der Waals surface area contributed by atoms with Gasteiger partial charge >= 0.3 is 6.18 Å². The highest BCUT2D eigenvalue weighted by atomic mass is 79.9. The minimum absolute atomic E-state index is 0.103. The van der Waals surface area contributed by atoms with E-state index in [1.165, 1.54) is 6.20 Å². The van der Waals surface area contributed by atoms with E-state index in [2.05, 4.69) is 21.0 Å². The van der Waals surface area contributed by atoms with E-state index in [4.69, 9.17) is 5.73 Å². The van der Waals surface area contributed by atoms with Gasteiger partial charge in [-0.25, -0.2) is 4.68 Å². The van der Waals surface area contributed by atoms with Crippen molar-refractivity contribution in [3.05, 3.63) is 21.0 Å². The summed E-state index contributed by atoms with van der Waals surface area (Å²) in [6, 6.07) is 0.162. The second kappa shape index (κ2) is 5.96. The topological polar surface area (TPSA) is 64.2 Å². The van der Waals surface area contributed by atoms with Crippen LogP contribution in [0.1, 0.15) is 13.3 Å². The van der Waals surface area contributed by atoms with Gasteiger partial charge in [-0.1, -0.05) is 0 Å². The fourth-order valence-corrected chi connectivity index (χ4v) is 3.12. The number of nitrogens with zero attached hydrogens (tertiary/aromatic N) is 3. The fourth-order valence-electron chi connectivity index (χ4n) is 2.59. The van der Waals surface area contributed by atoms with Crippen LogP contribution >= 0.6 is 15.9 Å². The number of rotatable bonds is 3. The molecule has 1 aliphatic heterocycles. The van der Waals surface area contributed by atoms with Crippen molar-refractivity contribution in [2.75, 3.05) is 18.0 Å². The van der Waals surface area contributed by atoms with Crippen molar-refractivity contribution in [3.63, 3.8) is 0 Å². The zero-order chi connectivity index (χ0) is 15.8. The van der Waals surface area contributed by atoms with Crippen LogP contribution in [0.4, 0.5) is 18.9 Å². The number of aromatic nitrogens is 2. The third-order valence-electron chi connectivity index (χ3n) is 3.60. The van der Waals surface area contributed by atoms with E-state index in [1.54, 1.807) is 0 Å². The number of nitrogens with two attached hydrogens (primary N) is 1. The third kappa shape index (κ3) is 3.57. The van der Waals surface area contributed by atoms with Crippen molar-refractivity contribution < 1.29 is 13.2 Å². The van der Waals surface area contributed by atoms with Crippen LogP contribution in [-0.4, -0.2) is 35.1 Å². The highest BCUT2D eigenvalue weighted by Crippen LogP contribution is 2.31. The SMILES string of the molecule is CC1CC(CN)CN1c1cnn(CC(F)(F)F)c(=O)c1Br. The van der Waals surface area contributed by atoms with Gasteiger partial charge in [0.15, 0.2) is 0 Å². The van der Waals surface area contributed by atoms with Crippen LogP contribution in [0.5, 0.6) is 0 Å². The molecule has 1 fully saturated rings. The number of halogens is 4. The Balaban J connectivity index is 2.31. The quantitative estimate of drug-likeness (QED) is 0.882. The van der Waals surface area contributed by atoms with Gasteiger partial charge < -0.3 is 10.6 Å². The smallest absolute Gasteiger partial charge is 0.366 e. The number of alkyl halides is 3. The van der Waals surface area contributed by atoms with Gasteiger partial charge in [-0.15, -0.1) is 0 Å². The first-order valence-electron chi connectivity index (χ1n) is 6.52. The lowest BCUT2D eigenvalue weighted by Gasteiger charge is -2.24. The molecule has 0 bridgehead atoms. The number of hydrogen-bond donors (Lipinski definition) is 1. The summed E-state index contributed by atoms with van der Waals surface area (Å²) in [5.41, 5.74) is 5.38. The molecule has 1 aromatic heterocycles. The minimum atomic E-state index is -4.48. The van der Waals surface area contributed by atoms with Gasteiger partial charge in [0.25, 0.3) is 5.56 Å². The molecule has 0 spiro atoms. The van der Waals surface area contributed by atoms with Crippen molar-refractivity contribution >= 4 is 21.6 Å². The van der Waals surface area contributed by atoms with E-state index < -0.39 is 18.3 Å². The maximum absolute atomic E-state index is 12.4. The van der Waals surface area contributed by atoms with Crippen LogP contribution < -0.4 is 16.2 Å². The van der Waals surface area contributed by atoms with Gasteiger partial charge in [0.2, 0.25) is 0 Å². The Labute approximate surface area is 128 Å². The summed E-state index contributed by atoms with van der Waals surface area (Å²) < 4.78 is 37.6. The Kier molecular flexibility index (Phi) is 4.62. The van der Waals surface area contributed by atoms with Crippen LogP contribution in [0.3, 0.4) is 0 Å². The Bertz CT molecular complexity index is 575. The molecule has 21 heavy (non-hydrogen) atoms. The average Bonchev–Trinajstić information content (AvgIpc) is 2.75. The summed E-state index contributed by atoms with van der Waals surface area (Å²) in [6.45, 7) is 1.80. The molecule has 9 heteroatoms. The first kappa shape index (κ1) is 16.3. The lowest BCUT2D eigenvalue weighted by molar-refractivity contribution is -0.143. The van der Waals surface area contributed by atoms with Crippen molar-refractivity contribution in [2.45, 2.75) is 32.1 Å². The van der Waals surface area contributed by atoms with E-state index in [0.29, 0.717) is 29.4 Å². The van der Waals surface area contributed by atoms with Crippen LogP contribution in [0, 0.1) is 5.92 Å². The fraction of sp³-hybridized carbons (Fsp3) is 0.667. The minimum Gasteiger partial charge on any atom is -0.366 e. The zero-order valence-electron chi connectivity index (χ0n) is 11.4. The summed E-state index contributed by atoms with van der Waals surface area (Å²) >= 11 is 3.10. The summed E-state index contributed by atoms with van der Waals surface area (Å²) in [4.78, 5) is 13.9. The zero-order valence-corrected chi connectivity index (χ0v) is 13.0. The predicted octanol–water partition coefficient (Wildman–Crippen LogP) is 1.74. The lowest BCUT2D eigenvalue weighted by atomic mass is 10.1. The molecule has 2 atom stereocenters. The molecule has 2 heterocycles. The highest BCUT2D eigenvalue weighted by Gasteiger charge is 2.32. The van der Waals surface area contributed by atoms with Crippen LogP contribution in [0.2, 0.25) is 0 Å². The van der Waals surface area contributed by atoms with Crippen LogP contribution in [0.25, 0.3) is 0 Å². The monoisotopic (exact) mass is 368 g/mol. The Morgan fingerprint density at radius 2 is 2.19 bits per heavy atom. The van der Waals surface area contributed by atoms with Gasteiger partial charge in [-0.2, -0.15) is 18.3 Å². The molecule has 2 unspecified atom stereocenters. The molecule has 118 valence electrons. The molecule has 0 saturated carbocycles. The standard InChI is InChI=1S/C12H16BrF3N4O/c1-7-2-8(3-17)5-19(7)9-4-18-20(6-12(14,15)16)11(21)10(9)13/h4,7-8H,2-3,5-6,17H2,1H3. The Morgan fingerprint density at radius 3 is 2.71 bits per heavy atom. The van der Waals surface area contributed by atoms with Gasteiger partial charge in [0.05, 0.1) is 11.9 Å². The Morgan fingerprint density at radius 1 is 1.52 bits per heavy atom. The van der Waals surface area contributed by atoms with Crippen molar-refractivity contribution in [1.29, 1.82) is 0 Å². The van der Waals surface area contributed by atoms with Crippen molar-refractivity contribution in [2.24, 2.45) is 11.7 Å². The highest BCUT2D eigenvalue weighted by molar-refractivity contribution is 9.10. The predicted molar refractivity (Wildman–Crippen MR) is 76.2 cm³/mol. The molecule has 1 aliphatic rings. The van der Waals surface area contributed by atoms with Gasteiger partial charge in [-0.05, 0) is 41.7 Å². The third-order valence-corrected chi connectivity index (χ3v) is 4.35. The molecular weight excluding hydrogens is 353 g/mol. The number of hydrogen-bond acceptors (Lipinski definition) is 4. The number of anilines is 1. The second-order valence-electron chi connectivity index (χ2n) is 5.26. The second-order valence-corrected chi connectivity index (χ2v) is 6.05. The van der Waals surface area contributed by atoms with Gasteiger partial charge in [0, 0.05) is 12.6 Å². The van der Waals surface area contributed by atoms with Gasteiger partial charge in [0.1, 0.15) is 11.0 Å². The molecule has 0 amide bonds. The first-order valence-corrected chi connectivity index (χ1v) is 7.31. The first-order chi connectivity index (χ1) is 9.73. The molecular formula is C12H16BrF3N4O. The molecule has 1 aromatic rings. The van der Waals surface area contributed by atoms with Gasteiger partial charge in [-0.3, -0.25) is 4.79 Å². The normalized spacial score (nSPS) is 22.9.